The van der Waals surface area contributed by atoms with Gasteiger partial charge in [-0.05, 0) is 61.8 Å². The summed E-state index contributed by atoms with van der Waals surface area (Å²) in [6.45, 7) is 5.40. The lowest BCUT2D eigenvalue weighted by Gasteiger charge is -2.35. The van der Waals surface area contributed by atoms with Crippen molar-refractivity contribution in [2.75, 3.05) is 19.7 Å². The molecule has 2 aliphatic heterocycles. The minimum absolute atomic E-state index is 0.160. The van der Waals surface area contributed by atoms with Crippen molar-refractivity contribution in [2.24, 2.45) is 0 Å². The number of hydrogen-bond donors (Lipinski definition) is 2. The van der Waals surface area contributed by atoms with E-state index in [0.29, 0.717) is 24.6 Å². The molecule has 1 aromatic carbocycles. The fourth-order valence-corrected chi connectivity index (χ4v) is 5.52. The molecule has 2 saturated heterocycles. The van der Waals surface area contributed by atoms with Gasteiger partial charge in [0.15, 0.2) is 5.83 Å². The number of benzene rings is 1. The monoisotopic (exact) mass is 526 g/mol. The Kier molecular flexibility index (Phi) is 8.59. The highest BCUT2D eigenvalue weighted by Crippen LogP contribution is 2.37. The van der Waals surface area contributed by atoms with Gasteiger partial charge in [0.1, 0.15) is 18.5 Å². The van der Waals surface area contributed by atoms with E-state index in [4.69, 9.17) is 4.74 Å². The maximum atomic E-state index is 13.5. The molecule has 202 valence electrons. The maximum Gasteiger partial charge on any atom is 0.418 e. The van der Waals surface area contributed by atoms with E-state index in [1.165, 1.54) is 6.08 Å². The third-order valence-electron chi connectivity index (χ3n) is 7.65. The Bertz CT molecular complexity index is 1180. The van der Waals surface area contributed by atoms with Crippen molar-refractivity contribution < 1.29 is 28.2 Å². The molecule has 8 nitrogen and oxygen atoms in total. The van der Waals surface area contributed by atoms with E-state index >= 15 is 0 Å². The number of amides is 3. The number of carbonyl (C=O) groups excluding carboxylic acids is 2. The van der Waals surface area contributed by atoms with Gasteiger partial charge in [0, 0.05) is 19.1 Å². The van der Waals surface area contributed by atoms with Gasteiger partial charge >= 0.3 is 12.1 Å². The Morgan fingerprint density at radius 3 is 2.61 bits per heavy atom. The molecule has 1 aliphatic carbocycles. The summed E-state index contributed by atoms with van der Waals surface area (Å²) in [6, 6.07) is 8.00. The van der Waals surface area contributed by atoms with Gasteiger partial charge in [0.25, 0.3) is 0 Å². The van der Waals surface area contributed by atoms with Crippen molar-refractivity contribution in [3.05, 3.63) is 71.4 Å². The first-order valence-corrected chi connectivity index (χ1v) is 12.8. The van der Waals surface area contributed by atoms with Gasteiger partial charge in [-0.25, -0.2) is 23.3 Å². The Morgan fingerprint density at radius 1 is 1.21 bits per heavy atom. The summed E-state index contributed by atoms with van der Waals surface area (Å²) in [6.07, 6.45) is 4.07. The van der Waals surface area contributed by atoms with Crippen LogP contribution in [0.15, 0.2) is 60.2 Å². The van der Waals surface area contributed by atoms with Crippen LogP contribution in [0, 0.1) is 11.3 Å². The van der Waals surface area contributed by atoms with Crippen molar-refractivity contribution in [2.45, 2.75) is 62.8 Å². The number of nitrogens with zero attached hydrogens (tertiary/aromatic N) is 3. The number of cyclic esters (lactones) is 1. The lowest BCUT2D eigenvalue weighted by atomic mass is 9.80. The lowest BCUT2D eigenvalue weighted by molar-refractivity contribution is 0.130. The summed E-state index contributed by atoms with van der Waals surface area (Å²) in [5.74, 6) is -1.75. The molecule has 1 saturated carbocycles. The number of ether oxygens (including phenoxy) is 1. The first kappa shape index (κ1) is 27.5. The van der Waals surface area contributed by atoms with Crippen LogP contribution >= 0.6 is 0 Å². The zero-order chi connectivity index (χ0) is 27.4. The van der Waals surface area contributed by atoms with Crippen LogP contribution in [-0.2, 0) is 4.74 Å². The summed E-state index contributed by atoms with van der Waals surface area (Å²) in [5, 5.41) is 22.8. The highest BCUT2D eigenvalue weighted by atomic mass is 19.2. The number of aliphatic hydroxyl groups is 1. The van der Waals surface area contributed by atoms with Crippen molar-refractivity contribution >= 4 is 12.1 Å². The van der Waals surface area contributed by atoms with Crippen LogP contribution < -0.4 is 5.32 Å². The van der Waals surface area contributed by atoms with Crippen LogP contribution in [-0.4, -0.2) is 71.0 Å². The Hall–Kier alpha value is -3.55. The molecule has 0 aromatic heterocycles. The van der Waals surface area contributed by atoms with Crippen molar-refractivity contribution in [1.82, 2.24) is 15.1 Å². The van der Waals surface area contributed by atoms with E-state index in [-0.39, 0.29) is 18.2 Å². The number of allylic oxidation sites excluding steroid dienone is 3. The highest BCUT2D eigenvalue weighted by Gasteiger charge is 2.43. The minimum atomic E-state index is -1.08. The smallest absolute Gasteiger partial charge is 0.418 e. The zero-order valence-corrected chi connectivity index (χ0v) is 21.3. The fourth-order valence-electron chi connectivity index (χ4n) is 5.52. The summed E-state index contributed by atoms with van der Waals surface area (Å²) in [7, 11) is 0. The van der Waals surface area contributed by atoms with Crippen LogP contribution in [0.4, 0.5) is 18.4 Å². The van der Waals surface area contributed by atoms with E-state index < -0.39 is 42.0 Å². The molecule has 1 aromatic rings. The molecule has 2 N–H and O–H groups in total. The summed E-state index contributed by atoms with van der Waals surface area (Å²) < 4.78 is 31.5. The van der Waals surface area contributed by atoms with Crippen molar-refractivity contribution in [3.63, 3.8) is 0 Å². The first-order valence-electron chi connectivity index (χ1n) is 12.8. The van der Waals surface area contributed by atoms with E-state index in [9.17, 15) is 28.7 Å². The zero-order valence-electron chi connectivity index (χ0n) is 21.3. The van der Waals surface area contributed by atoms with Gasteiger partial charge in [0.2, 0.25) is 0 Å². The summed E-state index contributed by atoms with van der Waals surface area (Å²) in [5.41, 5.74) is 2.00. The van der Waals surface area contributed by atoms with Crippen LogP contribution in [0.3, 0.4) is 0 Å². The molecule has 10 heteroatoms. The molecule has 2 heterocycles. The number of imide groups is 1. The number of urea groups is 1. The van der Waals surface area contributed by atoms with E-state index in [1.807, 2.05) is 24.3 Å². The standard InChI is InChI=1S/C28H32F2N4O4/c1-17(7-12-23(30)18(2)29)25-16-38-28(37)34(25)27(36)32-24-14-33(15-26(24)35)21-10-8-19(9-11-21)22-6-4-3-5-20(22)13-31/h3-7,12,19,21,24-26,35H,1,8-11,14-16H2,2H3,(H,32,36)/b12-7-,23-18-/t19?,21?,24-,25+,26-/m0/s1. The number of carbonyl (C=O) groups is 2. The molecular weight excluding hydrogens is 494 g/mol. The average molecular weight is 527 g/mol. The van der Waals surface area contributed by atoms with Crippen LogP contribution in [0.5, 0.6) is 0 Å². The summed E-state index contributed by atoms with van der Waals surface area (Å²) >= 11 is 0. The molecule has 0 radical (unpaired) electrons. The maximum absolute atomic E-state index is 13.5. The van der Waals surface area contributed by atoms with Crippen molar-refractivity contribution in [3.8, 4) is 6.07 Å². The summed E-state index contributed by atoms with van der Waals surface area (Å²) in [4.78, 5) is 28.3. The number of β-amino-alcohol motifs (C(OH)–C–C–N with tert-alkyl or cyclic N) is 1. The molecule has 3 fully saturated rings. The Balaban J connectivity index is 1.33. The second-order valence-electron chi connectivity index (χ2n) is 10.0. The third kappa shape index (κ3) is 5.95. The Labute approximate surface area is 220 Å². The molecule has 0 unspecified atom stereocenters. The topological polar surface area (TPSA) is 106 Å². The SMILES string of the molecule is C=C(/C=C\C(F)=C(/C)F)[C@H]1COC(=O)N1C(=O)N[C@H]1CN(C2CCC(c3ccccc3C#N)CC2)C[C@@H]1O. The van der Waals surface area contributed by atoms with E-state index in [1.54, 1.807) is 0 Å². The molecule has 0 bridgehead atoms. The third-order valence-corrected chi connectivity index (χ3v) is 7.65. The molecule has 38 heavy (non-hydrogen) atoms. The average Bonchev–Trinajstić information content (AvgIpc) is 3.49. The highest BCUT2D eigenvalue weighted by molar-refractivity contribution is 5.93. The van der Waals surface area contributed by atoms with Gasteiger partial charge in [0.05, 0.1) is 23.8 Å². The van der Waals surface area contributed by atoms with Gasteiger partial charge in [-0.1, -0.05) is 30.9 Å². The Morgan fingerprint density at radius 2 is 1.92 bits per heavy atom. The second-order valence-corrected chi connectivity index (χ2v) is 10.0. The molecular formula is C28H32F2N4O4. The first-order chi connectivity index (χ1) is 18.2. The second kappa shape index (κ2) is 11.9. The van der Waals surface area contributed by atoms with E-state index in [0.717, 1.165) is 49.1 Å². The molecule has 3 amide bonds. The van der Waals surface area contributed by atoms with Gasteiger partial charge in [-0.2, -0.15) is 5.26 Å². The molecule has 0 spiro atoms. The molecule has 3 aliphatic rings. The van der Waals surface area contributed by atoms with Gasteiger partial charge in [-0.15, -0.1) is 0 Å². The van der Waals surface area contributed by atoms with Crippen LogP contribution in [0.1, 0.15) is 49.7 Å². The van der Waals surface area contributed by atoms with Crippen molar-refractivity contribution in [1.29, 1.82) is 5.26 Å². The fraction of sp³-hybridized carbons (Fsp3) is 0.464. The molecule has 3 atom stereocenters. The molecule has 4 rings (SSSR count). The number of halogens is 2. The number of aliphatic hydroxyl groups excluding tert-OH is 1. The normalized spacial score (nSPS) is 28.7. The number of likely N-dealkylation sites (tertiary alicyclic amines) is 1. The number of hydrogen-bond acceptors (Lipinski definition) is 6. The largest absolute Gasteiger partial charge is 0.446 e. The predicted molar refractivity (Wildman–Crippen MR) is 136 cm³/mol. The number of rotatable bonds is 6. The number of nitriles is 1. The quantitative estimate of drug-likeness (QED) is 0.531. The van der Waals surface area contributed by atoms with Crippen LogP contribution in [0.25, 0.3) is 0 Å². The van der Waals surface area contributed by atoms with Crippen LogP contribution in [0.2, 0.25) is 0 Å². The lowest BCUT2D eigenvalue weighted by Crippen LogP contribution is -2.52. The number of nitrogens with one attached hydrogen (secondary N) is 1. The van der Waals surface area contributed by atoms with E-state index in [2.05, 4.69) is 22.9 Å². The van der Waals surface area contributed by atoms with Gasteiger partial charge in [-0.3, -0.25) is 4.90 Å². The predicted octanol–water partition coefficient (Wildman–Crippen LogP) is 4.44. The van der Waals surface area contributed by atoms with Gasteiger partial charge < -0.3 is 15.2 Å². The minimum Gasteiger partial charge on any atom is -0.446 e.